The van der Waals surface area contributed by atoms with E-state index >= 15 is 0 Å². The third-order valence-electron chi connectivity index (χ3n) is 2.77. The number of nitrogens with zero attached hydrogens (tertiary/aromatic N) is 4. The molecule has 20 heavy (non-hydrogen) atoms. The summed E-state index contributed by atoms with van der Waals surface area (Å²) in [5, 5.41) is 0.297. The molecule has 0 radical (unpaired) electrons. The van der Waals surface area contributed by atoms with Gasteiger partial charge in [0.1, 0.15) is 11.0 Å². The molecule has 2 aromatic heterocycles. The molecular formula is C13H15ClN4O2. The summed E-state index contributed by atoms with van der Waals surface area (Å²) < 4.78 is 2.61. The lowest BCUT2D eigenvalue weighted by molar-refractivity contribution is 0.562. The Morgan fingerprint density at radius 2 is 2.05 bits per heavy atom. The van der Waals surface area contributed by atoms with E-state index in [2.05, 4.69) is 9.97 Å². The minimum Gasteiger partial charge on any atom is -0.300 e. The third kappa shape index (κ3) is 3.14. The molecule has 0 unspecified atom stereocenters. The average molecular weight is 295 g/mol. The molecule has 0 N–H and O–H groups in total. The van der Waals surface area contributed by atoms with Crippen LogP contribution in [0.5, 0.6) is 0 Å². The van der Waals surface area contributed by atoms with Gasteiger partial charge in [-0.3, -0.25) is 9.36 Å². The normalized spacial score (nSPS) is 10.8. The lowest BCUT2D eigenvalue weighted by atomic mass is 10.4. The van der Waals surface area contributed by atoms with Gasteiger partial charge >= 0.3 is 5.69 Å². The molecular weight excluding hydrogens is 280 g/mol. The van der Waals surface area contributed by atoms with Crippen LogP contribution in [-0.4, -0.2) is 19.1 Å². The Balaban J connectivity index is 2.45. The van der Waals surface area contributed by atoms with E-state index in [1.807, 2.05) is 6.92 Å². The molecule has 0 fully saturated rings. The van der Waals surface area contributed by atoms with Crippen molar-refractivity contribution in [3.63, 3.8) is 0 Å². The summed E-state index contributed by atoms with van der Waals surface area (Å²) in [6, 6.07) is 2.99. The van der Waals surface area contributed by atoms with E-state index in [0.717, 1.165) is 11.0 Å². The highest BCUT2D eigenvalue weighted by Gasteiger charge is 2.08. The molecule has 6 nitrogen and oxygen atoms in total. The summed E-state index contributed by atoms with van der Waals surface area (Å²) in [6.45, 7) is 4.32. The maximum absolute atomic E-state index is 12.2. The summed E-state index contributed by atoms with van der Waals surface area (Å²) >= 11 is 5.86. The van der Waals surface area contributed by atoms with Crippen molar-refractivity contribution in [2.24, 2.45) is 0 Å². The fraction of sp³-hybridized carbons (Fsp3) is 0.385. The van der Waals surface area contributed by atoms with Gasteiger partial charge in [-0.2, -0.15) is 0 Å². The first-order valence-electron chi connectivity index (χ1n) is 6.31. The zero-order valence-corrected chi connectivity index (χ0v) is 12.1. The molecule has 0 saturated carbocycles. The summed E-state index contributed by atoms with van der Waals surface area (Å²) in [5.74, 6) is 0.350. The first-order chi connectivity index (χ1) is 9.51. The molecule has 0 aromatic carbocycles. The minimum atomic E-state index is -0.372. The molecule has 2 aromatic rings. The van der Waals surface area contributed by atoms with Gasteiger partial charge in [-0.15, -0.1) is 0 Å². The molecule has 7 heteroatoms. The fourth-order valence-electron chi connectivity index (χ4n) is 1.91. The van der Waals surface area contributed by atoms with Crippen LogP contribution in [0.25, 0.3) is 0 Å². The number of rotatable bonds is 4. The number of aryl methyl sites for hydroxylation is 2. The fourth-order valence-corrected chi connectivity index (χ4v) is 2.17. The summed E-state index contributed by atoms with van der Waals surface area (Å²) in [7, 11) is 0. The van der Waals surface area contributed by atoms with Crippen LogP contribution in [-0.2, 0) is 13.1 Å². The zero-order valence-electron chi connectivity index (χ0n) is 11.3. The van der Waals surface area contributed by atoms with E-state index < -0.39 is 0 Å². The second-order valence-corrected chi connectivity index (χ2v) is 4.85. The van der Waals surface area contributed by atoms with E-state index in [1.165, 1.54) is 16.8 Å². The quantitative estimate of drug-likeness (QED) is 0.795. The van der Waals surface area contributed by atoms with Gasteiger partial charge in [-0.1, -0.05) is 18.5 Å². The summed E-state index contributed by atoms with van der Waals surface area (Å²) in [6.07, 6.45) is 2.32. The molecule has 0 aliphatic carbocycles. The highest BCUT2D eigenvalue weighted by Crippen LogP contribution is 2.06. The lowest BCUT2D eigenvalue weighted by Crippen LogP contribution is -2.39. The van der Waals surface area contributed by atoms with Crippen LogP contribution in [0.2, 0.25) is 5.15 Å². The monoisotopic (exact) mass is 294 g/mol. The van der Waals surface area contributed by atoms with Crippen LogP contribution in [0.1, 0.15) is 24.9 Å². The second kappa shape index (κ2) is 6.00. The number of hydrogen-bond donors (Lipinski definition) is 0. The van der Waals surface area contributed by atoms with E-state index in [4.69, 9.17) is 11.6 Å². The molecule has 0 aliphatic heterocycles. The number of hydrogen-bond acceptors (Lipinski definition) is 4. The SMILES string of the molecule is CCCn1ccc(=O)n(Cc2nc(C)cc(Cl)n2)c1=O. The molecule has 0 spiro atoms. The topological polar surface area (TPSA) is 69.8 Å². The molecule has 106 valence electrons. The van der Waals surface area contributed by atoms with Gasteiger partial charge < -0.3 is 4.57 Å². The van der Waals surface area contributed by atoms with Gasteiger partial charge in [-0.05, 0) is 19.4 Å². The van der Waals surface area contributed by atoms with E-state index in [9.17, 15) is 9.59 Å². The maximum atomic E-state index is 12.2. The van der Waals surface area contributed by atoms with Crippen molar-refractivity contribution in [2.45, 2.75) is 33.4 Å². The first kappa shape index (κ1) is 14.5. The Hall–Kier alpha value is -1.95. The third-order valence-corrected chi connectivity index (χ3v) is 2.97. The van der Waals surface area contributed by atoms with Crippen molar-refractivity contribution in [3.05, 3.63) is 55.8 Å². The van der Waals surface area contributed by atoms with Crippen molar-refractivity contribution in [3.8, 4) is 0 Å². The molecule has 2 heterocycles. The van der Waals surface area contributed by atoms with E-state index in [0.29, 0.717) is 23.2 Å². The number of aromatic nitrogens is 4. The Morgan fingerprint density at radius 1 is 1.30 bits per heavy atom. The van der Waals surface area contributed by atoms with Crippen molar-refractivity contribution < 1.29 is 0 Å². The molecule has 0 saturated heterocycles. The Bertz CT molecular complexity index is 716. The molecule has 0 bridgehead atoms. The van der Waals surface area contributed by atoms with E-state index in [-0.39, 0.29) is 17.8 Å². The second-order valence-electron chi connectivity index (χ2n) is 4.46. The highest BCUT2D eigenvalue weighted by atomic mass is 35.5. The van der Waals surface area contributed by atoms with Crippen molar-refractivity contribution in [1.82, 2.24) is 19.1 Å². The average Bonchev–Trinajstić information content (AvgIpc) is 2.37. The highest BCUT2D eigenvalue weighted by molar-refractivity contribution is 6.29. The van der Waals surface area contributed by atoms with Gasteiger partial charge in [0, 0.05) is 24.5 Å². The number of halogens is 1. The van der Waals surface area contributed by atoms with Crippen LogP contribution in [0.3, 0.4) is 0 Å². The summed E-state index contributed by atoms with van der Waals surface area (Å²) in [5.41, 5.74) is -0.0398. The Kier molecular flexibility index (Phi) is 4.34. The van der Waals surface area contributed by atoms with Crippen molar-refractivity contribution >= 4 is 11.6 Å². The molecule has 0 aliphatic rings. The Morgan fingerprint density at radius 3 is 2.70 bits per heavy atom. The van der Waals surface area contributed by atoms with E-state index in [1.54, 1.807) is 13.0 Å². The van der Waals surface area contributed by atoms with Gasteiger partial charge in [0.15, 0.2) is 0 Å². The van der Waals surface area contributed by atoms with Crippen molar-refractivity contribution in [1.29, 1.82) is 0 Å². The maximum Gasteiger partial charge on any atom is 0.331 e. The smallest absolute Gasteiger partial charge is 0.300 e. The van der Waals surface area contributed by atoms with Crippen LogP contribution in [0, 0.1) is 6.92 Å². The Labute approximate surface area is 120 Å². The summed E-state index contributed by atoms with van der Waals surface area (Å²) in [4.78, 5) is 32.2. The van der Waals surface area contributed by atoms with Gasteiger partial charge in [-0.25, -0.2) is 14.8 Å². The van der Waals surface area contributed by atoms with Gasteiger partial charge in [0.05, 0.1) is 6.54 Å². The van der Waals surface area contributed by atoms with Crippen LogP contribution < -0.4 is 11.2 Å². The predicted molar refractivity (Wildman–Crippen MR) is 76.1 cm³/mol. The predicted octanol–water partition coefficient (Wildman–Crippen LogP) is 1.22. The van der Waals surface area contributed by atoms with Gasteiger partial charge in [0.25, 0.3) is 5.56 Å². The molecule has 2 rings (SSSR count). The minimum absolute atomic E-state index is 0.0175. The largest absolute Gasteiger partial charge is 0.331 e. The first-order valence-corrected chi connectivity index (χ1v) is 6.69. The zero-order chi connectivity index (χ0) is 14.7. The molecule has 0 atom stereocenters. The van der Waals surface area contributed by atoms with Crippen LogP contribution in [0.15, 0.2) is 27.9 Å². The standard InChI is InChI=1S/C13H15ClN4O2/c1-3-5-17-6-4-12(19)18(13(17)20)8-11-15-9(2)7-10(14)16-11/h4,6-7H,3,5,8H2,1-2H3. The van der Waals surface area contributed by atoms with Crippen molar-refractivity contribution in [2.75, 3.05) is 0 Å². The molecule has 0 amide bonds. The van der Waals surface area contributed by atoms with Gasteiger partial charge in [0.2, 0.25) is 0 Å². The van der Waals surface area contributed by atoms with Crippen LogP contribution >= 0.6 is 11.6 Å². The van der Waals surface area contributed by atoms with Crippen LogP contribution in [0.4, 0.5) is 0 Å². The lowest BCUT2D eigenvalue weighted by Gasteiger charge is -2.08.